The molecule has 4 aromatic carbocycles. The molecule has 0 aliphatic rings. The average Bonchev–Trinajstić information content (AvgIpc) is 3.32. The molecule has 5 aromatic rings. The van der Waals surface area contributed by atoms with E-state index >= 15 is 0 Å². The Labute approximate surface area is 207 Å². The lowest BCUT2D eigenvalue weighted by molar-refractivity contribution is -0.112. The fraction of sp³-hybridized carbons (Fsp3) is 0.0333. The normalized spacial score (nSPS) is 11.4. The van der Waals surface area contributed by atoms with Crippen molar-refractivity contribution in [2.75, 3.05) is 4.90 Å². The van der Waals surface area contributed by atoms with Crippen LogP contribution in [-0.4, -0.2) is 16.7 Å². The van der Waals surface area contributed by atoms with Crippen molar-refractivity contribution in [3.8, 4) is 0 Å². The van der Waals surface area contributed by atoms with Gasteiger partial charge in [-0.05, 0) is 60.5 Å². The van der Waals surface area contributed by atoms with E-state index in [4.69, 9.17) is 4.98 Å². The Kier molecular flexibility index (Phi) is 6.33. The Balaban J connectivity index is 1.68. The van der Waals surface area contributed by atoms with Crippen LogP contribution in [-0.2, 0) is 4.79 Å². The summed E-state index contributed by atoms with van der Waals surface area (Å²) in [6.45, 7) is 1.53. The number of hydrogen-bond donors (Lipinski definition) is 0. The summed E-state index contributed by atoms with van der Waals surface area (Å²) in [4.78, 5) is 32.6. The summed E-state index contributed by atoms with van der Waals surface area (Å²) in [5.41, 5.74) is 4.36. The summed E-state index contributed by atoms with van der Waals surface area (Å²) in [5, 5.41) is 0.571. The highest BCUT2D eigenvalue weighted by Crippen LogP contribution is 2.36. The maximum atomic E-state index is 14.3. The molecule has 1 amide bonds. The zero-order valence-electron chi connectivity index (χ0n) is 19.1. The Morgan fingerprint density at radius 1 is 0.743 bits per heavy atom. The molecule has 1 aromatic heterocycles. The number of benzene rings is 4. The lowest BCUT2D eigenvalue weighted by Crippen LogP contribution is -2.27. The average molecular weight is 475 g/mol. The number of carbonyl (C=O) groups excluding carboxylic acids is 2. The maximum absolute atomic E-state index is 14.3. The van der Waals surface area contributed by atoms with E-state index in [0.29, 0.717) is 22.0 Å². The monoisotopic (exact) mass is 474 g/mol. The van der Waals surface area contributed by atoms with Crippen LogP contribution in [0.25, 0.3) is 21.9 Å². The SMILES string of the molecule is CC(=O)c1ccc(N(C(=O)C(=Cc2ccccc2)c2ccccc2)c2nc3ccccc3s2)cc1. The van der Waals surface area contributed by atoms with E-state index in [-0.39, 0.29) is 11.7 Å². The second kappa shape index (κ2) is 9.87. The van der Waals surface area contributed by atoms with Gasteiger partial charge in [0.2, 0.25) is 0 Å². The molecular weight excluding hydrogens is 452 g/mol. The third-order valence-corrected chi connectivity index (χ3v) is 6.66. The molecule has 5 rings (SSSR count). The van der Waals surface area contributed by atoms with E-state index in [1.807, 2.05) is 91.0 Å². The zero-order valence-corrected chi connectivity index (χ0v) is 19.9. The van der Waals surface area contributed by atoms with Crippen LogP contribution in [0.5, 0.6) is 0 Å². The predicted octanol–water partition coefficient (Wildman–Crippen LogP) is 7.40. The highest BCUT2D eigenvalue weighted by Gasteiger charge is 2.26. The number of fused-ring (bicyclic) bond motifs is 1. The van der Waals surface area contributed by atoms with Crippen molar-refractivity contribution >= 4 is 55.7 Å². The van der Waals surface area contributed by atoms with Crippen molar-refractivity contribution in [3.05, 3.63) is 126 Å². The van der Waals surface area contributed by atoms with Gasteiger partial charge in [-0.25, -0.2) is 4.98 Å². The van der Waals surface area contributed by atoms with Crippen molar-refractivity contribution in [1.29, 1.82) is 0 Å². The molecule has 0 atom stereocenters. The largest absolute Gasteiger partial charge is 0.295 e. The highest BCUT2D eigenvalue weighted by atomic mass is 32.1. The summed E-state index contributed by atoms with van der Waals surface area (Å²) in [6.07, 6.45) is 1.90. The molecule has 0 fully saturated rings. The summed E-state index contributed by atoms with van der Waals surface area (Å²) >= 11 is 1.46. The molecule has 0 bridgehead atoms. The summed E-state index contributed by atoms with van der Waals surface area (Å²) in [5.74, 6) is -0.224. The Morgan fingerprint density at radius 3 is 2.03 bits per heavy atom. The van der Waals surface area contributed by atoms with Crippen molar-refractivity contribution in [2.45, 2.75) is 6.92 Å². The summed E-state index contributed by atoms with van der Waals surface area (Å²) in [6, 6.07) is 34.3. The number of carbonyl (C=O) groups is 2. The fourth-order valence-corrected chi connectivity index (χ4v) is 4.82. The van der Waals surface area contributed by atoms with E-state index in [9.17, 15) is 9.59 Å². The summed E-state index contributed by atoms with van der Waals surface area (Å²) in [7, 11) is 0. The first-order valence-electron chi connectivity index (χ1n) is 11.2. The van der Waals surface area contributed by atoms with Gasteiger partial charge in [0.1, 0.15) is 0 Å². The standard InChI is InChI=1S/C30H22N2O2S/c1-21(33)23-16-18-25(19-17-23)32(30-31-27-14-8-9-15-28(27)35-30)29(34)26(24-12-6-3-7-13-24)20-22-10-4-2-5-11-22/h2-20H,1H3. The third kappa shape index (κ3) is 4.81. The van der Waals surface area contributed by atoms with E-state index in [0.717, 1.165) is 21.3 Å². The van der Waals surface area contributed by atoms with Gasteiger partial charge in [-0.3, -0.25) is 14.5 Å². The van der Waals surface area contributed by atoms with Crippen molar-refractivity contribution in [2.24, 2.45) is 0 Å². The molecule has 1 heterocycles. The summed E-state index contributed by atoms with van der Waals surface area (Å²) < 4.78 is 0.994. The molecule has 0 aliphatic carbocycles. The van der Waals surface area contributed by atoms with Crippen LogP contribution in [0.3, 0.4) is 0 Å². The number of nitrogens with zero attached hydrogens (tertiary/aromatic N) is 2. The van der Waals surface area contributed by atoms with Gasteiger partial charge in [0.15, 0.2) is 10.9 Å². The lowest BCUT2D eigenvalue weighted by Gasteiger charge is -2.22. The van der Waals surface area contributed by atoms with Gasteiger partial charge in [-0.2, -0.15) is 0 Å². The number of anilines is 2. The predicted molar refractivity (Wildman–Crippen MR) is 144 cm³/mol. The lowest BCUT2D eigenvalue weighted by atomic mass is 10.0. The van der Waals surface area contributed by atoms with Gasteiger partial charge in [0.05, 0.1) is 15.9 Å². The van der Waals surface area contributed by atoms with Crippen molar-refractivity contribution < 1.29 is 9.59 Å². The smallest absolute Gasteiger partial charge is 0.265 e. The molecule has 0 saturated heterocycles. The van der Waals surface area contributed by atoms with E-state index < -0.39 is 0 Å². The van der Waals surface area contributed by atoms with Crippen molar-refractivity contribution in [3.63, 3.8) is 0 Å². The maximum Gasteiger partial charge on any atom is 0.265 e. The van der Waals surface area contributed by atoms with Crippen LogP contribution in [0, 0.1) is 0 Å². The zero-order chi connectivity index (χ0) is 24.2. The van der Waals surface area contributed by atoms with Crippen LogP contribution >= 0.6 is 11.3 Å². The molecule has 0 N–H and O–H groups in total. The van der Waals surface area contributed by atoms with Crippen molar-refractivity contribution in [1.82, 2.24) is 4.98 Å². The Bertz CT molecular complexity index is 1490. The number of Topliss-reactive ketones (excluding diaryl/α,β-unsaturated/α-hetero) is 1. The number of aromatic nitrogens is 1. The number of thiazole rings is 1. The molecule has 0 saturated carbocycles. The molecule has 0 spiro atoms. The number of para-hydroxylation sites is 1. The van der Waals surface area contributed by atoms with Crippen LogP contribution in [0.4, 0.5) is 10.8 Å². The number of rotatable bonds is 6. The molecule has 0 aliphatic heterocycles. The van der Waals surface area contributed by atoms with Crippen LogP contribution in [0.15, 0.2) is 109 Å². The minimum atomic E-state index is -0.199. The first kappa shape index (κ1) is 22.4. The van der Waals surface area contributed by atoms with E-state index in [1.54, 1.807) is 29.2 Å². The number of ketones is 1. The molecule has 0 unspecified atom stereocenters. The Hall–Kier alpha value is -4.35. The molecular formula is C30H22N2O2S. The molecule has 35 heavy (non-hydrogen) atoms. The second-order valence-electron chi connectivity index (χ2n) is 8.04. The molecule has 4 nitrogen and oxygen atoms in total. The molecule has 170 valence electrons. The molecule has 0 radical (unpaired) electrons. The first-order valence-corrected chi connectivity index (χ1v) is 12.0. The van der Waals surface area contributed by atoms with Crippen LogP contribution in [0.2, 0.25) is 0 Å². The quantitative estimate of drug-likeness (QED) is 0.146. The molecule has 5 heteroatoms. The number of amides is 1. The van der Waals surface area contributed by atoms with Gasteiger partial charge in [-0.1, -0.05) is 84.1 Å². The van der Waals surface area contributed by atoms with Crippen LogP contribution in [0.1, 0.15) is 28.4 Å². The van der Waals surface area contributed by atoms with Gasteiger partial charge in [0.25, 0.3) is 5.91 Å². The van der Waals surface area contributed by atoms with Crippen LogP contribution < -0.4 is 4.90 Å². The number of hydrogen-bond acceptors (Lipinski definition) is 4. The van der Waals surface area contributed by atoms with Gasteiger partial charge in [-0.15, -0.1) is 0 Å². The van der Waals surface area contributed by atoms with E-state index in [2.05, 4.69) is 0 Å². The minimum Gasteiger partial charge on any atom is -0.295 e. The Morgan fingerprint density at radius 2 is 1.37 bits per heavy atom. The first-order chi connectivity index (χ1) is 17.1. The fourth-order valence-electron chi connectivity index (χ4n) is 3.84. The van der Waals surface area contributed by atoms with Gasteiger partial charge in [0, 0.05) is 11.1 Å². The second-order valence-corrected chi connectivity index (χ2v) is 9.05. The van der Waals surface area contributed by atoms with Gasteiger partial charge < -0.3 is 0 Å². The highest BCUT2D eigenvalue weighted by molar-refractivity contribution is 7.22. The minimum absolute atomic E-state index is 0.0247. The topological polar surface area (TPSA) is 50.3 Å². The van der Waals surface area contributed by atoms with E-state index in [1.165, 1.54) is 18.3 Å². The van der Waals surface area contributed by atoms with Gasteiger partial charge >= 0.3 is 0 Å². The third-order valence-electron chi connectivity index (χ3n) is 5.63.